The van der Waals surface area contributed by atoms with Crippen LogP contribution in [-0.2, 0) is 4.74 Å². The number of anilines is 1. The number of carboxylic acids is 2. The van der Waals surface area contributed by atoms with Crippen LogP contribution < -0.4 is 9.64 Å². The molecular formula is C22H27NO6. The molecule has 0 aromatic heterocycles. The summed E-state index contributed by atoms with van der Waals surface area (Å²) < 4.78 is 11.1. The molecule has 7 heteroatoms. The van der Waals surface area contributed by atoms with Crippen LogP contribution >= 0.6 is 0 Å². The van der Waals surface area contributed by atoms with Crippen LogP contribution in [0.4, 0.5) is 5.69 Å². The molecule has 0 aliphatic rings. The summed E-state index contributed by atoms with van der Waals surface area (Å²) in [5.74, 6) is -2.23. The average Bonchev–Trinajstić information content (AvgIpc) is 2.69. The van der Waals surface area contributed by atoms with Gasteiger partial charge < -0.3 is 24.6 Å². The Bertz CT molecular complexity index is 832. The minimum absolute atomic E-state index is 0.132. The molecule has 2 N–H and O–H groups in total. The molecule has 0 atom stereocenters. The second-order valence-corrected chi connectivity index (χ2v) is 6.67. The van der Waals surface area contributed by atoms with Gasteiger partial charge in [-0.1, -0.05) is 6.07 Å². The van der Waals surface area contributed by atoms with Crippen molar-refractivity contribution < 1.29 is 29.3 Å². The lowest BCUT2D eigenvalue weighted by Crippen LogP contribution is -2.27. The van der Waals surface area contributed by atoms with E-state index in [4.69, 9.17) is 19.7 Å². The molecule has 0 saturated carbocycles. The number of carboxylic acid groups (broad SMARTS) is 2. The summed E-state index contributed by atoms with van der Waals surface area (Å²) in [5, 5.41) is 18.2. The van der Waals surface area contributed by atoms with E-state index in [1.54, 1.807) is 0 Å². The summed E-state index contributed by atoms with van der Waals surface area (Å²) in [6, 6.07) is 10.1. The molecule has 0 saturated heterocycles. The van der Waals surface area contributed by atoms with E-state index in [2.05, 4.69) is 43.9 Å². The minimum Gasteiger partial charge on any atom is -0.491 e. The molecule has 0 heterocycles. The Morgan fingerprint density at radius 1 is 0.897 bits per heavy atom. The molecule has 2 rings (SSSR count). The smallest absolute Gasteiger partial charge is 0.335 e. The highest BCUT2D eigenvalue weighted by molar-refractivity contribution is 5.94. The maximum absolute atomic E-state index is 11.1. The number of aromatic carboxylic acids is 2. The van der Waals surface area contributed by atoms with Crippen molar-refractivity contribution in [1.82, 2.24) is 0 Å². The second-order valence-electron chi connectivity index (χ2n) is 6.67. The maximum atomic E-state index is 11.1. The molecular weight excluding hydrogens is 374 g/mol. The molecule has 29 heavy (non-hydrogen) atoms. The molecule has 0 unspecified atom stereocenters. The van der Waals surface area contributed by atoms with Crippen LogP contribution in [0.25, 0.3) is 0 Å². The molecule has 0 amide bonds. The lowest BCUT2D eigenvalue weighted by molar-refractivity contribution is 0.0696. The molecule has 0 aliphatic heterocycles. The highest BCUT2D eigenvalue weighted by Crippen LogP contribution is 2.19. The van der Waals surface area contributed by atoms with Crippen LogP contribution in [-0.4, -0.2) is 55.1 Å². The number of ether oxygens (including phenoxy) is 2. The highest BCUT2D eigenvalue weighted by Gasteiger charge is 2.12. The third kappa shape index (κ3) is 6.50. The van der Waals surface area contributed by atoms with Crippen molar-refractivity contribution in [2.24, 2.45) is 0 Å². The standard InChI is InChI=1S/C22H27NO6/c1-4-23(19-6-5-15(2)16(3)11-19)7-8-28-9-10-29-20-13-17(21(24)25)12-18(14-20)22(26)27/h5-6,11-14H,4,7-10H2,1-3H3,(H,24,25)(H,26,27). The summed E-state index contributed by atoms with van der Waals surface area (Å²) >= 11 is 0. The Kier molecular flexibility index (Phi) is 8.03. The van der Waals surface area contributed by atoms with E-state index in [-0.39, 0.29) is 23.5 Å². The topological polar surface area (TPSA) is 96.3 Å². The monoisotopic (exact) mass is 401 g/mol. The molecule has 2 aromatic rings. The zero-order valence-electron chi connectivity index (χ0n) is 17.0. The van der Waals surface area contributed by atoms with Crippen LogP contribution in [0.5, 0.6) is 5.75 Å². The van der Waals surface area contributed by atoms with Gasteiger partial charge in [-0.15, -0.1) is 0 Å². The van der Waals surface area contributed by atoms with Crippen LogP contribution in [0.1, 0.15) is 38.8 Å². The van der Waals surface area contributed by atoms with Crippen LogP contribution in [0, 0.1) is 13.8 Å². The van der Waals surface area contributed by atoms with E-state index in [0.29, 0.717) is 13.2 Å². The highest BCUT2D eigenvalue weighted by atomic mass is 16.5. The summed E-state index contributed by atoms with van der Waals surface area (Å²) in [4.78, 5) is 24.5. The number of hydrogen-bond donors (Lipinski definition) is 2. The number of rotatable bonds is 11. The molecule has 0 bridgehead atoms. The lowest BCUT2D eigenvalue weighted by Gasteiger charge is -2.24. The summed E-state index contributed by atoms with van der Waals surface area (Å²) in [7, 11) is 0. The van der Waals surface area contributed by atoms with Gasteiger partial charge in [-0.2, -0.15) is 0 Å². The van der Waals surface area contributed by atoms with Crippen molar-refractivity contribution in [1.29, 1.82) is 0 Å². The quantitative estimate of drug-likeness (QED) is 0.555. The third-order valence-electron chi connectivity index (χ3n) is 4.64. The van der Waals surface area contributed by atoms with Gasteiger partial charge in [0.25, 0.3) is 0 Å². The number of likely N-dealkylation sites (N-methyl/N-ethyl adjacent to an activating group) is 1. The first-order valence-corrected chi connectivity index (χ1v) is 9.46. The zero-order valence-corrected chi connectivity index (χ0v) is 17.0. The Balaban J connectivity index is 1.81. The maximum Gasteiger partial charge on any atom is 0.335 e. The molecule has 156 valence electrons. The van der Waals surface area contributed by atoms with Gasteiger partial charge >= 0.3 is 11.9 Å². The largest absolute Gasteiger partial charge is 0.491 e. The first-order chi connectivity index (χ1) is 13.8. The Labute approximate surface area is 170 Å². The minimum atomic E-state index is -1.21. The number of benzene rings is 2. The predicted octanol–water partition coefficient (Wildman–Crippen LogP) is 3.62. The van der Waals surface area contributed by atoms with Crippen molar-refractivity contribution in [3.8, 4) is 5.75 Å². The first kappa shape index (κ1) is 22.2. The zero-order chi connectivity index (χ0) is 21.4. The van der Waals surface area contributed by atoms with Gasteiger partial charge in [-0.25, -0.2) is 9.59 Å². The van der Waals surface area contributed by atoms with Crippen molar-refractivity contribution in [2.45, 2.75) is 20.8 Å². The third-order valence-corrected chi connectivity index (χ3v) is 4.64. The van der Waals surface area contributed by atoms with Gasteiger partial charge in [0, 0.05) is 18.8 Å². The van der Waals surface area contributed by atoms with Crippen molar-refractivity contribution in [3.05, 3.63) is 58.7 Å². The fraction of sp³-hybridized carbons (Fsp3) is 0.364. The lowest BCUT2D eigenvalue weighted by atomic mass is 10.1. The Morgan fingerprint density at radius 2 is 1.55 bits per heavy atom. The van der Waals surface area contributed by atoms with Crippen molar-refractivity contribution in [2.75, 3.05) is 37.8 Å². The number of aryl methyl sites for hydroxylation is 2. The number of carbonyl (C=O) groups is 2. The summed E-state index contributed by atoms with van der Waals surface area (Å²) in [6.45, 7) is 8.88. The van der Waals surface area contributed by atoms with Crippen LogP contribution in [0.2, 0.25) is 0 Å². The Morgan fingerprint density at radius 3 is 2.10 bits per heavy atom. The van der Waals surface area contributed by atoms with Gasteiger partial charge in [0.1, 0.15) is 12.4 Å². The van der Waals surface area contributed by atoms with E-state index in [1.165, 1.54) is 23.3 Å². The first-order valence-electron chi connectivity index (χ1n) is 9.46. The van der Waals surface area contributed by atoms with E-state index >= 15 is 0 Å². The van der Waals surface area contributed by atoms with Crippen LogP contribution in [0.3, 0.4) is 0 Å². The van der Waals surface area contributed by atoms with Crippen molar-refractivity contribution >= 4 is 17.6 Å². The molecule has 7 nitrogen and oxygen atoms in total. The summed E-state index contributed by atoms with van der Waals surface area (Å²) in [6.07, 6.45) is 0. The van der Waals surface area contributed by atoms with E-state index < -0.39 is 11.9 Å². The Hall–Kier alpha value is -3.06. The van der Waals surface area contributed by atoms with E-state index in [0.717, 1.165) is 24.8 Å². The SMILES string of the molecule is CCN(CCOCCOc1cc(C(=O)O)cc(C(=O)O)c1)c1ccc(C)c(C)c1. The molecule has 0 spiro atoms. The molecule has 0 fully saturated rings. The molecule has 2 aromatic carbocycles. The average molecular weight is 401 g/mol. The van der Waals surface area contributed by atoms with E-state index in [1.807, 2.05) is 0 Å². The van der Waals surface area contributed by atoms with Gasteiger partial charge in [-0.05, 0) is 62.2 Å². The van der Waals surface area contributed by atoms with E-state index in [9.17, 15) is 9.59 Å². The summed E-state index contributed by atoms with van der Waals surface area (Å²) in [5.41, 5.74) is 3.40. The normalized spacial score (nSPS) is 10.6. The fourth-order valence-electron chi connectivity index (χ4n) is 2.82. The van der Waals surface area contributed by atoms with Gasteiger partial charge in [0.05, 0.1) is 24.3 Å². The number of nitrogens with zero attached hydrogens (tertiary/aromatic N) is 1. The molecule has 0 radical (unpaired) electrons. The fourth-order valence-corrected chi connectivity index (χ4v) is 2.82. The van der Waals surface area contributed by atoms with Gasteiger partial charge in [-0.3, -0.25) is 0 Å². The van der Waals surface area contributed by atoms with Gasteiger partial charge in [0.2, 0.25) is 0 Å². The number of hydrogen-bond acceptors (Lipinski definition) is 5. The second kappa shape index (κ2) is 10.5. The molecule has 0 aliphatic carbocycles. The predicted molar refractivity (Wildman–Crippen MR) is 110 cm³/mol. The van der Waals surface area contributed by atoms with Gasteiger partial charge in [0.15, 0.2) is 0 Å². The van der Waals surface area contributed by atoms with Crippen LogP contribution in [0.15, 0.2) is 36.4 Å². The van der Waals surface area contributed by atoms with Crippen molar-refractivity contribution in [3.63, 3.8) is 0 Å².